The van der Waals surface area contributed by atoms with E-state index in [-0.39, 0.29) is 24.2 Å². The third kappa shape index (κ3) is 4.07. The topological polar surface area (TPSA) is 84.7 Å². The second-order valence-electron chi connectivity index (χ2n) is 6.49. The second kappa shape index (κ2) is 7.85. The van der Waals surface area contributed by atoms with Gasteiger partial charge in [0.05, 0.1) is 18.5 Å². The van der Waals surface area contributed by atoms with Crippen LogP contribution in [0.5, 0.6) is 5.75 Å². The fourth-order valence-electron chi connectivity index (χ4n) is 2.97. The van der Waals surface area contributed by atoms with Crippen LogP contribution in [0.2, 0.25) is 0 Å². The summed E-state index contributed by atoms with van der Waals surface area (Å²) in [6, 6.07) is 10.9. The van der Waals surface area contributed by atoms with E-state index >= 15 is 0 Å². The van der Waals surface area contributed by atoms with Gasteiger partial charge in [-0.25, -0.2) is 4.98 Å². The molecular weight excluding hydrogens is 378 g/mol. The highest BCUT2D eigenvalue weighted by atomic mass is 32.1. The zero-order valence-corrected chi connectivity index (χ0v) is 16.1. The van der Waals surface area contributed by atoms with E-state index in [1.54, 1.807) is 17.0 Å². The van der Waals surface area contributed by atoms with Gasteiger partial charge >= 0.3 is 0 Å². The van der Waals surface area contributed by atoms with Crippen LogP contribution in [-0.4, -0.2) is 34.8 Å². The molecule has 1 aliphatic rings. The highest BCUT2D eigenvalue weighted by Crippen LogP contribution is 2.28. The standard InChI is InChI=1S/C20H19N3O4S/c1-13-4-2-5-14(10-13)27-12-18(24)23-8-7-15-17(11-23)28-20(21-15)22-19(25)16-6-3-9-26-16/h2-6,9-10H,7-8,11-12H2,1H3,(H,21,22,25). The number of furan rings is 1. The van der Waals surface area contributed by atoms with E-state index in [1.165, 1.54) is 17.6 Å². The first-order valence-electron chi connectivity index (χ1n) is 8.89. The number of carbonyl (C=O) groups excluding carboxylic acids is 2. The molecule has 0 bridgehead atoms. The van der Waals surface area contributed by atoms with E-state index < -0.39 is 0 Å². The molecule has 1 aliphatic heterocycles. The third-order valence-corrected chi connectivity index (χ3v) is 5.40. The second-order valence-corrected chi connectivity index (χ2v) is 7.57. The van der Waals surface area contributed by atoms with Crippen LogP contribution in [0.25, 0.3) is 0 Å². The Kier molecular flexibility index (Phi) is 5.12. The summed E-state index contributed by atoms with van der Waals surface area (Å²) in [6.45, 7) is 3.03. The molecule has 0 radical (unpaired) electrons. The number of fused-ring (bicyclic) bond motifs is 1. The number of ether oxygens (including phenoxy) is 1. The minimum Gasteiger partial charge on any atom is -0.484 e. The summed E-state index contributed by atoms with van der Waals surface area (Å²) in [7, 11) is 0. The molecule has 1 aromatic carbocycles. The van der Waals surface area contributed by atoms with E-state index in [1.807, 2.05) is 31.2 Å². The third-order valence-electron chi connectivity index (χ3n) is 4.40. The number of hydrogen-bond acceptors (Lipinski definition) is 6. The number of amides is 2. The predicted molar refractivity (Wildman–Crippen MR) is 105 cm³/mol. The highest BCUT2D eigenvalue weighted by Gasteiger charge is 2.25. The number of benzene rings is 1. The lowest BCUT2D eigenvalue weighted by Crippen LogP contribution is -2.38. The van der Waals surface area contributed by atoms with Crippen LogP contribution in [0.1, 0.15) is 26.7 Å². The van der Waals surface area contributed by atoms with E-state index in [4.69, 9.17) is 9.15 Å². The molecule has 0 fully saturated rings. The van der Waals surface area contributed by atoms with Crippen LogP contribution in [0, 0.1) is 6.92 Å². The molecule has 4 rings (SSSR count). The van der Waals surface area contributed by atoms with Crippen LogP contribution in [0.15, 0.2) is 47.1 Å². The number of nitrogens with one attached hydrogen (secondary N) is 1. The Labute approximate surface area is 165 Å². The van der Waals surface area contributed by atoms with E-state index in [0.717, 1.165) is 16.1 Å². The zero-order valence-electron chi connectivity index (χ0n) is 15.3. The molecule has 0 saturated carbocycles. The summed E-state index contributed by atoms with van der Waals surface area (Å²) in [5, 5.41) is 3.25. The van der Waals surface area contributed by atoms with Gasteiger partial charge in [-0.1, -0.05) is 23.5 Å². The molecule has 1 N–H and O–H groups in total. The molecule has 0 spiro atoms. The van der Waals surface area contributed by atoms with Gasteiger partial charge in [0.15, 0.2) is 17.5 Å². The average Bonchev–Trinajstić information content (AvgIpc) is 3.35. The van der Waals surface area contributed by atoms with Crippen molar-refractivity contribution >= 4 is 28.3 Å². The number of nitrogens with zero attached hydrogens (tertiary/aromatic N) is 2. The lowest BCUT2D eigenvalue weighted by Gasteiger charge is -2.26. The fourth-order valence-corrected chi connectivity index (χ4v) is 3.99. The number of anilines is 1. The van der Waals surface area contributed by atoms with Gasteiger partial charge in [0, 0.05) is 17.8 Å². The number of hydrogen-bond donors (Lipinski definition) is 1. The van der Waals surface area contributed by atoms with Gasteiger partial charge in [0.1, 0.15) is 5.75 Å². The molecule has 0 atom stereocenters. The number of thiazole rings is 1. The Hall–Kier alpha value is -3.13. The van der Waals surface area contributed by atoms with Crippen LogP contribution < -0.4 is 10.1 Å². The van der Waals surface area contributed by atoms with Gasteiger partial charge < -0.3 is 14.1 Å². The van der Waals surface area contributed by atoms with Gasteiger partial charge in [0.25, 0.3) is 11.8 Å². The van der Waals surface area contributed by atoms with Crippen molar-refractivity contribution < 1.29 is 18.7 Å². The normalized spacial score (nSPS) is 13.1. The molecule has 0 aliphatic carbocycles. The number of rotatable bonds is 5. The van der Waals surface area contributed by atoms with Crippen molar-refractivity contribution in [3.8, 4) is 5.75 Å². The Morgan fingerprint density at radius 2 is 2.21 bits per heavy atom. The molecular formula is C20H19N3O4S. The predicted octanol–water partition coefficient (Wildman–Crippen LogP) is 3.26. The van der Waals surface area contributed by atoms with Gasteiger partial charge in [-0.15, -0.1) is 0 Å². The summed E-state index contributed by atoms with van der Waals surface area (Å²) in [5.41, 5.74) is 2.00. The van der Waals surface area contributed by atoms with Gasteiger partial charge in [-0.05, 0) is 36.8 Å². The fraction of sp³-hybridized carbons (Fsp3) is 0.250. The largest absolute Gasteiger partial charge is 0.484 e. The number of aryl methyl sites for hydroxylation is 1. The molecule has 0 unspecified atom stereocenters. The van der Waals surface area contributed by atoms with Crippen LogP contribution in [-0.2, 0) is 17.8 Å². The highest BCUT2D eigenvalue weighted by molar-refractivity contribution is 7.15. The van der Waals surface area contributed by atoms with Crippen molar-refractivity contribution in [3.05, 3.63) is 64.6 Å². The lowest BCUT2D eigenvalue weighted by atomic mass is 10.2. The van der Waals surface area contributed by atoms with Crippen LogP contribution >= 0.6 is 11.3 Å². The van der Waals surface area contributed by atoms with E-state index in [2.05, 4.69) is 10.3 Å². The van der Waals surface area contributed by atoms with Gasteiger partial charge in [-0.2, -0.15) is 0 Å². The minimum atomic E-state index is -0.337. The monoisotopic (exact) mass is 397 g/mol. The molecule has 3 heterocycles. The lowest BCUT2D eigenvalue weighted by molar-refractivity contribution is -0.134. The first-order valence-corrected chi connectivity index (χ1v) is 9.71. The van der Waals surface area contributed by atoms with E-state index in [0.29, 0.717) is 30.4 Å². The van der Waals surface area contributed by atoms with Crippen LogP contribution in [0.3, 0.4) is 0 Å². The van der Waals surface area contributed by atoms with E-state index in [9.17, 15) is 9.59 Å². The van der Waals surface area contributed by atoms with Gasteiger partial charge in [0.2, 0.25) is 0 Å². The maximum Gasteiger partial charge on any atom is 0.293 e. The summed E-state index contributed by atoms with van der Waals surface area (Å²) in [5.74, 6) is 0.516. The summed E-state index contributed by atoms with van der Waals surface area (Å²) >= 11 is 1.38. The molecule has 3 aromatic rings. The average molecular weight is 397 g/mol. The van der Waals surface area contributed by atoms with Crippen molar-refractivity contribution in [1.29, 1.82) is 0 Å². The molecule has 144 valence electrons. The SMILES string of the molecule is Cc1cccc(OCC(=O)N2CCc3nc(NC(=O)c4ccco4)sc3C2)c1. The Morgan fingerprint density at radius 1 is 1.32 bits per heavy atom. The molecule has 0 saturated heterocycles. The zero-order chi connectivity index (χ0) is 19.5. The molecule has 2 amide bonds. The Bertz CT molecular complexity index is 997. The molecule has 2 aromatic heterocycles. The van der Waals surface area contributed by atoms with Crippen molar-refractivity contribution in [2.24, 2.45) is 0 Å². The summed E-state index contributed by atoms with van der Waals surface area (Å²) in [4.78, 5) is 31.8. The smallest absolute Gasteiger partial charge is 0.293 e. The van der Waals surface area contributed by atoms with Crippen molar-refractivity contribution in [1.82, 2.24) is 9.88 Å². The van der Waals surface area contributed by atoms with Crippen molar-refractivity contribution in [2.45, 2.75) is 19.9 Å². The van der Waals surface area contributed by atoms with Crippen LogP contribution in [0.4, 0.5) is 5.13 Å². The first kappa shape index (κ1) is 18.2. The first-order chi connectivity index (χ1) is 13.6. The molecule has 28 heavy (non-hydrogen) atoms. The van der Waals surface area contributed by atoms with Crippen molar-refractivity contribution in [2.75, 3.05) is 18.5 Å². The number of aromatic nitrogens is 1. The Morgan fingerprint density at radius 3 is 3.00 bits per heavy atom. The quantitative estimate of drug-likeness (QED) is 0.714. The molecule has 8 heteroatoms. The van der Waals surface area contributed by atoms with Crippen molar-refractivity contribution in [3.63, 3.8) is 0 Å². The maximum atomic E-state index is 12.5. The number of carbonyl (C=O) groups is 2. The Balaban J connectivity index is 1.35. The summed E-state index contributed by atoms with van der Waals surface area (Å²) in [6.07, 6.45) is 2.10. The minimum absolute atomic E-state index is 0.000320. The molecule has 7 nitrogen and oxygen atoms in total. The maximum absolute atomic E-state index is 12.5. The van der Waals surface area contributed by atoms with Gasteiger partial charge in [-0.3, -0.25) is 14.9 Å². The summed E-state index contributed by atoms with van der Waals surface area (Å²) < 4.78 is 10.7.